The van der Waals surface area contributed by atoms with Gasteiger partial charge in [-0.1, -0.05) is 11.3 Å². The van der Waals surface area contributed by atoms with Gasteiger partial charge in [0.1, 0.15) is 11.6 Å². The van der Waals surface area contributed by atoms with Crippen molar-refractivity contribution < 1.29 is 23.8 Å². The van der Waals surface area contributed by atoms with E-state index in [1.807, 2.05) is 0 Å². The molecule has 0 saturated heterocycles. The number of hydrogen-bond acceptors (Lipinski definition) is 6. The summed E-state index contributed by atoms with van der Waals surface area (Å²) in [6.07, 6.45) is -0.734. The maximum atomic E-state index is 11.7. The second-order valence-electron chi connectivity index (χ2n) is 5.20. The van der Waals surface area contributed by atoms with Crippen LogP contribution < -0.4 is 10.0 Å². The van der Waals surface area contributed by atoms with E-state index in [1.54, 1.807) is 26.2 Å². The number of ether oxygens (including phenoxy) is 2. The van der Waals surface area contributed by atoms with Crippen molar-refractivity contribution in [3.05, 3.63) is 20.2 Å². The van der Waals surface area contributed by atoms with Gasteiger partial charge in [0, 0.05) is 15.9 Å². The summed E-state index contributed by atoms with van der Waals surface area (Å²) < 4.78 is 10.7. The average molecular weight is 381 g/mol. The molecule has 21 heavy (non-hydrogen) atoms. The Hall–Kier alpha value is -1.35. The van der Waals surface area contributed by atoms with Crippen molar-refractivity contribution in [2.75, 3.05) is 7.11 Å². The standard InChI is InChI=1S/C12H17BrN2O5S/c1-12(2,3)20-11(17)14-8(9(16)19-4)5-7-6-21-10(13)15(7)18/h6,8H,5H2,1-4H3,(H,14,17)/t8-/m0/s1. The number of carbonyl (C=O) groups is 2. The van der Waals surface area contributed by atoms with Crippen LogP contribution >= 0.6 is 27.3 Å². The topological polar surface area (TPSA) is 91.6 Å². The fraction of sp³-hybridized carbons (Fsp3) is 0.583. The van der Waals surface area contributed by atoms with Crippen molar-refractivity contribution in [2.24, 2.45) is 0 Å². The van der Waals surface area contributed by atoms with Crippen LogP contribution in [-0.2, 0) is 20.7 Å². The fourth-order valence-electron chi connectivity index (χ4n) is 1.45. The van der Waals surface area contributed by atoms with Crippen molar-refractivity contribution in [1.29, 1.82) is 0 Å². The van der Waals surface area contributed by atoms with Crippen LogP contribution in [0, 0.1) is 5.21 Å². The highest BCUT2D eigenvalue weighted by molar-refractivity contribution is 9.11. The third kappa shape index (κ3) is 5.50. The quantitative estimate of drug-likeness (QED) is 0.488. The molecule has 0 saturated carbocycles. The van der Waals surface area contributed by atoms with E-state index in [4.69, 9.17) is 4.74 Å². The zero-order chi connectivity index (χ0) is 16.2. The van der Waals surface area contributed by atoms with E-state index in [9.17, 15) is 14.8 Å². The Morgan fingerprint density at radius 2 is 2.14 bits per heavy atom. The van der Waals surface area contributed by atoms with Gasteiger partial charge >= 0.3 is 16.0 Å². The van der Waals surface area contributed by atoms with Gasteiger partial charge in [0.25, 0.3) is 0 Å². The van der Waals surface area contributed by atoms with E-state index < -0.39 is 23.7 Å². The van der Waals surface area contributed by atoms with E-state index in [2.05, 4.69) is 26.0 Å². The molecule has 1 rings (SSSR count). The van der Waals surface area contributed by atoms with Gasteiger partial charge in [0.2, 0.25) is 5.69 Å². The molecule has 0 unspecified atom stereocenters. The van der Waals surface area contributed by atoms with Gasteiger partial charge in [-0.3, -0.25) is 0 Å². The maximum Gasteiger partial charge on any atom is 0.408 e. The number of nitrogens with zero attached hydrogens (tertiary/aromatic N) is 1. The van der Waals surface area contributed by atoms with Crippen LogP contribution in [0.5, 0.6) is 0 Å². The third-order valence-corrected chi connectivity index (χ3v) is 3.94. The number of thiazole rings is 1. The van der Waals surface area contributed by atoms with Crippen LogP contribution in [0.1, 0.15) is 26.5 Å². The van der Waals surface area contributed by atoms with Crippen molar-refractivity contribution in [2.45, 2.75) is 38.8 Å². The van der Waals surface area contributed by atoms with Crippen LogP contribution in [-0.4, -0.2) is 30.8 Å². The molecule has 0 aliphatic rings. The van der Waals surface area contributed by atoms with Crippen molar-refractivity contribution in [3.8, 4) is 0 Å². The highest BCUT2D eigenvalue weighted by Crippen LogP contribution is 2.15. The van der Waals surface area contributed by atoms with Gasteiger partial charge in [0.05, 0.1) is 18.9 Å². The minimum absolute atomic E-state index is 0.0114. The van der Waals surface area contributed by atoms with Gasteiger partial charge < -0.3 is 20.0 Å². The number of nitrogens with one attached hydrogen (secondary N) is 1. The highest BCUT2D eigenvalue weighted by atomic mass is 79.9. The van der Waals surface area contributed by atoms with E-state index in [-0.39, 0.29) is 6.42 Å². The van der Waals surface area contributed by atoms with Gasteiger partial charge in [-0.05, 0) is 20.8 Å². The summed E-state index contributed by atoms with van der Waals surface area (Å²) in [6.45, 7) is 5.13. The molecule has 0 radical (unpaired) electrons. The van der Waals surface area contributed by atoms with Crippen molar-refractivity contribution in [3.63, 3.8) is 0 Å². The van der Waals surface area contributed by atoms with Crippen molar-refractivity contribution >= 4 is 39.3 Å². The summed E-state index contributed by atoms with van der Waals surface area (Å²) in [5.74, 6) is -0.650. The Bertz CT molecular complexity index is 526. The second-order valence-corrected chi connectivity index (χ2v) is 7.33. The molecule has 9 heteroatoms. The lowest BCUT2D eigenvalue weighted by Crippen LogP contribution is -2.47. The summed E-state index contributed by atoms with van der Waals surface area (Å²) >= 11 is 4.28. The summed E-state index contributed by atoms with van der Waals surface area (Å²) in [6, 6.07) is -0.994. The maximum absolute atomic E-state index is 11.7. The normalized spacial score (nSPS) is 12.6. The number of amides is 1. The number of alkyl carbamates (subject to hydrolysis) is 1. The lowest BCUT2D eigenvalue weighted by atomic mass is 10.1. The Labute approximate surface area is 135 Å². The summed E-state index contributed by atoms with van der Waals surface area (Å²) in [4.78, 5) is 23.5. The zero-order valence-electron chi connectivity index (χ0n) is 12.1. The SMILES string of the molecule is COC(=O)[C@H](Cc1csc(Br)[n+]1[O-])NC(=O)OC(C)(C)C. The molecule has 0 aliphatic carbocycles. The van der Waals surface area contributed by atoms with Crippen LogP contribution in [0.25, 0.3) is 0 Å². The number of aromatic nitrogens is 1. The van der Waals surface area contributed by atoms with Crippen LogP contribution in [0.3, 0.4) is 0 Å². The molecule has 1 aromatic heterocycles. The van der Waals surface area contributed by atoms with E-state index >= 15 is 0 Å². The summed E-state index contributed by atoms with van der Waals surface area (Å²) in [7, 11) is 1.21. The zero-order valence-corrected chi connectivity index (χ0v) is 14.5. The number of esters is 1. The lowest BCUT2D eigenvalue weighted by molar-refractivity contribution is -0.619. The van der Waals surface area contributed by atoms with Crippen LogP contribution in [0.2, 0.25) is 0 Å². The molecule has 1 aromatic rings. The molecule has 1 heterocycles. The molecule has 7 nitrogen and oxygen atoms in total. The minimum Gasteiger partial charge on any atom is -0.617 e. The molecule has 0 aromatic carbocycles. The first-order valence-corrected chi connectivity index (χ1v) is 7.74. The van der Waals surface area contributed by atoms with Gasteiger partial charge in [0.15, 0.2) is 0 Å². The predicted molar refractivity (Wildman–Crippen MR) is 79.9 cm³/mol. The fourth-order valence-corrected chi connectivity index (χ4v) is 2.60. The molecule has 0 bridgehead atoms. The van der Waals surface area contributed by atoms with E-state index in [0.29, 0.717) is 14.3 Å². The first kappa shape index (κ1) is 17.7. The predicted octanol–water partition coefficient (Wildman–Crippen LogP) is 1.75. The smallest absolute Gasteiger partial charge is 0.408 e. The molecule has 1 amide bonds. The Morgan fingerprint density at radius 3 is 2.57 bits per heavy atom. The Kier molecular flexibility index (Phi) is 5.97. The molecule has 118 valence electrons. The van der Waals surface area contributed by atoms with Crippen LogP contribution in [0.4, 0.5) is 4.79 Å². The Morgan fingerprint density at radius 1 is 1.52 bits per heavy atom. The first-order chi connectivity index (χ1) is 9.64. The monoisotopic (exact) mass is 380 g/mol. The van der Waals surface area contributed by atoms with E-state index in [0.717, 1.165) is 0 Å². The number of carbonyl (C=O) groups excluding carboxylic acids is 2. The Balaban J connectivity index is 2.80. The molecule has 0 aliphatic heterocycles. The molecular weight excluding hydrogens is 364 g/mol. The average Bonchev–Trinajstić information content (AvgIpc) is 2.66. The van der Waals surface area contributed by atoms with E-state index in [1.165, 1.54) is 18.4 Å². The number of hydrogen-bond donors (Lipinski definition) is 1. The molecular formula is C12H17BrN2O5S. The number of halogens is 1. The third-order valence-electron chi connectivity index (χ3n) is 2.30. The number of methoxy groups -OCH3 is 1. The molecule has 0 fully saturated rings. The lowest BCUT2D eigenvalue weighted by Gasteiger charge is -2.22. The van der Waals surface area contributed by atoms with Crippen LogP contribution in [0.15, 0.2) is 9.30 Å². The second kappa shape index (κ2) is 7.08. The molecule has 0 spiro atoms. The summed E-state index contributed by atoms with van der Waals surface area (Å²) in [5.41, 5.74) is -0.340. The minimum atomic E-state index is -0.994. The van der Waals surface area contributed by atoms with Gasteiger partial charge in [-0.2, -0.15) is 4.73 Å². The largest absolute Gasteiger partial charge is 0.617 e. The van der Waals surface area contributed by atoms with Gasteiger partial charge in [-0.15, -0.1) is 0 Å². The van der Waals surface area contributed by atoms with Gasteiger partial charge in [-0.25, -0.2) is 9.59 Å². The number of rotatable bonds is 4. The molecule has 1 atom stereocenters. The summed E-state index contributed by atoms with van der Waals surface area (Å²) in [5, 5.41) is 15.7. The molecule has 1 N–H and O–H groups in total. The first-order valence-electron chi connectivity index (χ1n) is 6.07. The van der Waals surface area contributed by atoms with Crippen molar-refractivity contribution in [1.82, 2.24) is 5.32 Å². The highest BCUT2D eigenvalue weighted by Gasteiger charge is 2.28.